The summed E-state index contributed by atoms with van der Waals surface area (Å²) < 4.78 is 5.69. The molecule has 1 heterocycles. The summed E-state index contributed by atoms with van der Waals surface area (Å²) in [6, 6.07) is 10.2. The fourth-order valence-electron chi connectivity index (χ4n) is 1.67. The number of hydrogen-bond donors (Lipinski definition) is 1. The van der Waals surface area contributed by atoms with Gasteiger partial charge in [-0.05, 0) is 59.9 Å². The molecule has 2 aromatic rings. The molecule has 0 saturated heterocycles. The predicted molar refractivity (Wildman–Crippen MR) is 75.1 cm³/mol. The molecular weight excluding hydrogens is 244 g/mol. The number of aryl methyl sites for hydroxylation is 1. The summed E-state index contributed by atoms with van der Waals surface area (Å²) in [5.41, 5.74) is 2.44. The van der Waals surface area contributed by atoms with Crippen LogP contribution in [-0.4, -0.2) is 11.2 Å². The molecule has 0 spiro atoms. The molecule has 0 aliphatic rings. The molecular formula is C15H18O2S. The van der Waals surface area contributed by atoms with E-state index in [1.165, 1.54) is 11.1 Å². The summed E-state index contributed by atoms with van der Waals surface area (Å²) >= 11 is 1.68. The second-order valence-electron chi connectivity index (χ2n) is 4.45. The van der Waals surface area contributed by atoms with Gasteiger partial charge in [-0.3, -0.25) is 0 Å². The Bertz CT molecular complexity index is 446. The highest BCUT2D eigenvalue weighted by molar-refractivity contribution is 7.07. The summed E-state index contributed by atoms with van der Waals surface area (Å²) in [6.07, 6.45) is 1.47. The molecule has 0 amide bonds. The van der Waals surface area contributed by atoms with Crippen LogP contribution < -0.4 is 4.74 Å². The first-order valence-corrected chi connectivity index (χ1v) is 7.09. The highest BCUT2D eigenvalue weighted by Crippen LogP contribution is 2.16. The lowest BCUT2D eigenvalue weighted by Crippen LogP contribution is -2.01. The first-order chi connectivity index (χ1) is 8.74. The van der Waals surface area contributed by atoms with E-state index in [4.69, 9.17) is 4.74 Å². The van der Waals surface area contributed by atoms with Crippen LogP contribution >= 0.6 is 11.3 Å². The fourth-order valence-corrected chi connectivity index (χ4v) is 2.32. The molecule has 0 aliphatic heterocycles. The Morgan fingerprint density at radius 2 is 1.94 bits per heavy atom. The Morgan fingerprint density at radius 1 is 1.17 bits per heavy atom. The minimum Gasteiger partial charge on any atom is -0.489 e. The maximum absolute atomic E-state index is 9.23. The number of ether oxygens (including phenoxy) is 1. The average molecular weight is 262 g/mol. The second kappa shape index (κ2) is 6.57. The van der Waals surface area contributed by atoms with Gasteiger partial charge in [0.2, 0.25) is 0 Å². The van der Waals surface area contributed by atoms with E-state index < -0.39 is 0 Å². The van der Waals surface area contributed by atoms with Crippen LogP contribution in [0.25, 0.3) is 0 Å². The molecule has 0 aliphatic carbocycles. The Morgan fingerprint density at radius 3 is 2.56 bits per heavy atom. The number of benzene rings is 1. The van der Waals surface area contributed by atoms with E-state index >= 15 is 0 Å². The summed E-state index contributed by atoms with van der Waals surface area (Å²) in [5, 5.41) is 13.4. The van der Waals surface area contributed by atoms with Crippen LogP contribution in [0.4, 0.5) is 0 Å². The van der Waals surface area contributed by atoms with Gasteiger partial charge in [-0.15, -0.1) is 0 Å². The van der Waals surface area contributed by atoms with Crippen molar-refractivity contribution in [2.24, 2.45) is 0 Å². The smallest absolute Gasteiger partial charge is 0.119 e. The summed E-state index contributed by atoms with van der Waals surface area (Å²) in [4.78, 5) is 0. The fraction of sp³-hybridized carbons (Fsp3) is 0.333. The van der Waals surface area contributed by atoms with E-state index in [1.807, 2.05) is 19.1 Å². The molecule has 18 heavy (non-hydrogen) atoms. The molecule has 1 unspecified atom stereocenters. The van der Waals surface area contributed by atoms with E-state index in [-0.39, 0.29) is 6.10 Å². The van der Waals surface area contributed by atoms with Gasteiger partial charge in [-0.1, -0.05) is 12.1 Å². The third kappa shape index (κ3) is 4.17. The summed E-state index contributed by atoms with van der Waals surface area (Å²) in [7, 11) is 0. The molecule has 96 valence electrons. The van der Waals surface area contributed by atoms with Crippen LogP contribution in [-0.2, 0) is 13.0 Å². The van der Waals surface area contributed by atoms with Crippen LogP contribution in [0, 0.1) is 0 Å². The number of aliphatic hydroxyl groups excluding tert-OH is 1. The topological polar surface area (TPSA) is 29.5 Å². The molecule has 1 aromatic heterocycles. The normalized spacial score (nSPS) is 12.3. The average Bonchev–Trinajstić information content (AvgIpc) is 2.88. The first-order valence-electron chi connectivity index (χ1n) is 6.15. The van der Waals surface area contributed by atoms with Crippen LogP contribution in [0.2, 0.25) is 0 Å². The van der Waals surface area contributed by atoms with Crippen molar-refractivity contribution in [1.29, 1.82) is 0 Å². The van der Waals surface area contributed by atoms with Crippen molar-refractivity contribution in [3.8, 4) is 5.75 Å². The van der Waals surface area contributed by atoms with Crippen LogP contribution in [0.15, 0.2) is 41.1 Å². The van der Waals surface area contributed by atoms with Crippen molar-refractivity contribution >= 4 is 11.3 Å². The molecule has 3 heteroatoms. The van der Waals surface area contributed by atoms with Gasteiger partial charge in [0.15, 0.2) is 0 Å². The van der Waals surface area contributed by atoms with Crippen LogP contribution in [0.1, 0.15) is 24.5 Å². The van der Waals surface area contributed by atoms with Gasteiger partial charge < -0.3 is 9.84 Å². The molecule has 1 N–H and O–H groups in total. The van der Waals surface area contributed by atoms with E-state index in [9.17, 15) is 5.11 Å². The molecule has 1 aromatic carbocycles. The van der Waals surface area contributed by atoms with Gasteiger partial charge in [-0.2, -0.15) is 11.3 Å². The monoisotopic (exact) mass is 262 g/mol. The predicted octanol–water partition coefficient (Wildman–Crippen LogP) is 3.64. The zero-order chi connectivity index (χ0) is 12.8. The van der Waals surface area contributed by atoms with Gasteiger partial charge in [0, 0.05) is 0 Å². The number of thiophene rings is 1. The van der Waals surface area contributed by atoms with Crippen molar-refractivity contribution in [3.05, 3.63) is 52.2 Å². The van der Waals surface area contributed by atoms with Gasteiger partial charge in [0.1, 0.15) is 12.4 Å². The molecule has 0 bridgehead atoms. The third-order valence-electron chi connectivity index (χ3n) is 2.76. The largest absolute Gasteiger partial charge is 0.489 e. The van der Waals surface area contributed by atoms with Gasteiger partial charge >= 0.3 is 0 Å². The zero-order valence-corrected chi connectivity index (χ0v) is 11.3. The Balaban J connectivity index is 1.83. The van der Waals surface area contributed by atoms with E-state index in [1.54, 1.807) is 11.3 Å². The van der Waals surface area contributed by atoms with E-state index in [2.05, 4.69) is 29.0 Å². The lowest BCUT2D eigenvalue weighted by atomic mass is 10.1. The third-order valence-corrected chi connectivity index (χ3v) is 3.49. The summed E-state index contributed by atoms with van der Waals surface area (Å²) in [5.74, 6) is 0.891. The second-order valence-corrected chi connectivity index (χ2v) is 5.23. The van der Waals surface area contributed by atoms with Gasteiger partial charge in [-0.25, -0.2) is 0 Å². The maximum Gasteiger partial charge on any atom is 0.119 e. The summed E-state index contributed by atoms with van der Waals surface area (Å²) in [6.45, 7) is 2.44. The Labute approximate surface area is 112 Å². The quantitative estimate of drug-likeness (QED) is 0.861. The van der Waals surface area contributed by atoms with E-state index in [0.717, 1.165) is 18.6 Å². The lowest BCUT2D eigenvalue weighted by Gasteiger charge is -2.07. The number of rotatable bonds is 6. The van der Waals surface area contributed by atoms with Crippen molar-refractivity contribution < 1.29 is 9.84 Å². The molecule has 1 atom stereocenters. The SMILES string of the molecule is CC(O)CCc1ccc(OCc2ccsc2)cc1. The molecule has 2 nitrogen and oxygen atoms in total. The Kier molecular flexibility index (Phi) is 4.79. The minimum atomic E-state index is -0.237. The van der Waals surface area contributed by atoms with Crippen LogP contribution in [0.3, 0.4) is 0 Å². The lowest BCUT2D eigenvalue weighted by molar-refractivity contribution is 0.185. The number of hydrogen-bond acceptors (Lipinski definition) is 3. The van der Waals surface area contributed by atoms with Crippen molar-refractivity contribution in [2.45, 2.75) is 32.5 Å². The van der Waals surface area contributed by atoms with E-state index in [0.29, 0.717) is 6.61 Å². The van der Waals surface area contributed by atoms with Crippen molar-refractivity contribution in [3.63, 3.8) is 0 Å². The van der Waals surface area contributed by atoms with Gasteiger partial charge in [0.05, 0.1) is 6.10 Å². The zero-order valence-electron chi connectivity index (χ0n) is 10.5. The number of aliphatic hydroxyl groups is 1. The standard InChI is InChI=1S/C15H18O2S/c1-12(16)2-3-13-4-6-15(7-5-13)17-10-14-8-9-18-11-14/h4-9,11-12,16H,2-3,10H2,1H3. The molecule has 0 saturated carbocycles. The molecule has 0 fully saturated rings. The molecule has 2 rings (SSSR count). The van der Waals surface area contributed by atoms with Gasteiger partial charge in [0.25, 0.3) is 0 Å². The Hall–Kier alpha value is -1.32. The highest BCUT2D eigenvalue weighted by atomic mass is 32.1. The first kappa shape index (κ1) is 13.1. The maximum atomic E-state index is 9.23. The van der Waals surface area contributed by atoms with Crippen LogP contribution in [0.5, 0.6) is 5.75 Å². The highest BCUT2D eigenvalue weighted by Gasteiger charge is 2.00. The van der Waals surface area contributed by atoms with Crippen molar-refractivity contribution in [2.75, 3.05) is 0 Å². The van der Waals surface area contributed by atoms with Crippen molar-refractivity contribution in [1.82, 2.24) is 0 Å². The minimum absolute atomic E-state index is 0.237. The molecule has 0 radical (unpaired) electrons.